The van der Waals surface area contributed by atoms with Crippen molar-refractivity contribution in [1.82, 2.24) is 5.32 Å². The molecule has 0 aromatic heterocycles. The summed E-state index contributed by atoms with van der Waals surface area (Å²) >= 11 is 1.94. The largest absolute Gasteiger partial charge is 0.394 e. The fourth-order valence-electron chi connectivity index (χ4n) is 3.21. The van der Waals surface area contributed by atoms with Gasteiger partial charge in [0.25, 0.3) is 0 Å². The maximum atomic E-state index is 9.95. The smallest absolute Gasteiger partial charge is 0.0624 e. The van der Waals surface area contributed by atoms with E-state index >= 15 is 0 Å². The first-order chi connectivity index (χ1) is 9.95. The number of aliphatic hydroxyl groups is 1. The van der Waals surface area contributed by atoms with E-state index in [2.05, 4.69) is 51.2 Å². The number of aliphatic hydroxyl groups excluding tert-OH is 1. The van der Waals surface area contributed by atoms with E-state index in [1.807, 2.05) is 11.8 Å². The van der Waals surface area contributed by atoms with Crippen molar-refractivity contribution >= 4 is 11.8 Å². The first-order valence-corrected chi connectivity index (χ1v) is 9.14. The van der Waals surface area contributed by atoms with Gasteiger partial charge in [0.1, 0.15) is 0 Å². The Morgan fingerprint density at radius 3 is 2.33 bits per heavy atom. The molecule has 0 radical (unpaired) electrons. The van der Waals surface area contributed by atoms with Gasteiger partial charge in [-0.25, -0.2) is 0 Å². The van der Waals surface area contributed by atoms with E-state index in [4.69, 9.17) is 0 Å². The van der Waals surface area contributed by atoms with Crippen LogP contribution in [0.1, 0.15) is 43.4 Å². The van der Waals surface area contributed by atoms with Crippen LogP contribution in [0.4, 0.5) is 0 Å². The number of nitrogens with one attached hydrogen (secondary N) is 1. The van der Waals surface area contributed by atoms with Gasteiger partial charge in [0.15, 0.2) is 0 Å². The Morgan fingerprint density at radius 1 is 1.24 bits per heavy atom. The van der Waals surface area contributed by atoms with Crippen LogP contribution in [0.15, 0.2) is 18.2 Å². The van der Waals surface area contributed by atoms with Crippen LogP contribution in [0.25, 0.3) is 0 Å². The Morgan fingerprint density at radius 2 is 1.86 bits per heavy atom. The standard InChI is InChI=1S/C18H29NOS/c1-13(2)19-18(11-20,17-5-6-17)12-21-10-16-8-14(3)7-15(4)9-16/h7-9,13,17,19-20H,5-6,10-12H2,1-4H3. The second-order valence-corrected chi connectivity index (χ2v) is 7.86. The Kier molecular flexibility index (Phi) is 5.75. The highest BCUT2D eigenvalue weighted by atomic mass is 32.2. The third kappa shape index (κ3) is 4.73. The fourth-order valence-corrected chi connectivity index (χ4v) is 4.49. The highest BCUT2D eigenvalue weighted by Crippen LogP contribution is 2.41. The van der Waals surface area contributed by atoms with Crippen LogP contribution in [0.5, 0.6) is 0 Å². The van der Waals surface area contributed by atoms with Crippen molar-refractivity contribution < 1.29 is 5.11 Å². The maximum absolute atomic E-state index is 9.95. The molecular weight excluding hydrogens is 278 g/mol. The summed E-state index contributed by atoms with van der Waals surface area (Å²) in [4.78, 5) is 0. The quantitative estimate of drug-likeness (QED) is 0.768. The van der Waals surface area contributed by atoms with Gasteiger partial charge >= 0.3 is 0 Å². The molecule has 118 valence electrons. The lowest BCUT2D eigenvalue weighted by Crippen LogP contribution is -2.55. The van der Waals surface area contributed by atoms with Gasteiger partial charge < -0.3 is 10.4 Å². The summed E-state index contributed by atoms with van der Waals surface area (Å²) in [7, 11) is 0. The van der Waals surface area contributed by atoms with Crippen molar-refractivity contribution in [3.8, 4) is 0 Å². The highest BCUT2D eigenvalue weighted by Gasteiger charge is 2.44. The predicted molar refractivity (Wildman–Crippen MR) is 92.9 cm³/mol. The summed E-state index contributed by atoms with van der Waals surface area (Å²) < 4.78 is 0. The maximum Gasteiger partial charge on any atom is 0.0624 e. The van der Waals surface area contributed by atoms with E-state index in [1.165, 1.54) is 29.5 Å². The van der Waals surface area contributed by atoms with Crippen LogP contribution in [0.3, 0.4) is 0 Å². The number of benzene rings is 1. The molecule has 1 unspecified atom stereocenters. The zero-order valence-corrected chi connectivity index (χ0v) is 14.6. The zero-order chi connectivity index (χ0) is 15.5. The monoisotopic (exact) mass is 307 g/mol. The van der Waals surface area contributed by atoms with Crippen LogP contribution >= 0.6 is 11.8 Å². The van der Waals surface area contributed by atoms with Crippen LogP contribution in [0, 0.1) is 19.8 Å². The molecule has 1 aromatic carbocycles. The number of rotatable bonds is 8. The minimum atomic E-state index is -0.0856. The van der Waals surface area contributed by atoms with E-state index in [-0.39, 0.29) is 12.1 Å². The lowest BCUT2D eigenvalue weighted by molar-refractivity contribution is 0.150. The zero-order valence-electron chi connectivity index (χ0n) is 13.8. The van der Waals surface area contributed by atoms with Gasteiger partial charge in [-0.1, -0.05) is 43.2 Å². The molecule has 2 N–H and O–H groups in total. The summed E-state index contributed by atoms with van der Waals surface area (Å²) in [6.45, 7) is 8.89. The van der Waals surface area contributed by atoms with Crippen LogP contribution in [-0.2, 0) is 5.75 Å². The Hall–Kier alpha value is -0.510. The van der Waals surface area contributed by atoms with Crippen molar-refractivity contribution in [3.63, 3.8) is 0 Å². The average molecular weight is 308 g/mol. The molecule has 0 bridgehead atoms. The van der Waals surface area contributed by atoms with Gasteiger partial charge in [0.05, 0.1) is 12.1 Å². The van der Waals surface area contributed by atoms with Gasteiger partial charge in [-0.3, -0.25) is 0 Å². The van der Waals surface area contributed by atoms with Gasteiger partial charge in [-0.15, -0.1) is 0 Å². The van der Waals surface area contributed by atoms with Gasteiger partial charge in [0, 0.05) is 17.5 Å². The molecule has 0 spiro atoms. The number of hydrogen-bond donors (Lipinski definition) is 2. The molecule has 2 nitrogen and oxygen atoms in total. The molecule has 21 heavy (non-hydrogen) atoms. The SMILES string of the molecule is Cc1cc(C)cc(CSCC(CO)(NC(C)C)C2CC2)c1. The summed E-state index contributed by atoms with van der Waals surface area (Å²) in [5, 5.41) is 13.6. The van der Waals surface area contributed by atoms with E-state index in [0.29, 0.717) is 12.0 Å². The Balaban J connectivity index is 1.95. The van der Waals surface area contributed by atoms with E-state index in [1.54, 1.807) is 0 Å². The molecule has 1 fully saturated rings. The molecule has 3 heteroatoms. The molecule has 0 saturated heterocycles. The topological polar surface area (TPSA) is 32.3 Å². The molecule has 0 heterocycles. The average Bonchev–Trinajstić information content (AvgIpc) is 3.20. The lowest BCUT2D eigenvalue weighted by Gasteiger charge is -2.35. The second-order valence-electron chi connectivity index (χ2n) is 6.88. The number of aryl methyl sites for hydroxylation is 2. The van der Waals surface area contributed by atoms with Crippen molar-refractivity contribution in [3.05, 3.63) is 34.9 Å². The summed E-state index contributed by atoms with van der Waals surface area (Å²) in [6, 6.07) is 7.18. The number of hydrogen-bond acceptors (Lipinski definition) is 3. The van der Waals surface area contributed by atoms with Gasteiger partial charge in [-0.2, -0.15) is 11.8 Å². The van der Waals surface area contributed by atoms with Gasteiger partial charge in [-0.05, 0) is 38.2 Å². The fraction of sp³-hybridized carbons (Fsp3) is 0.667. The van der Waals surface area contributed by atoms with Crippen molar-refractivity contribution in [1.29, 1.82) is 0 Å². The molecule has 1 aliphatic rings. The normalized spacial score (nSPS) is 18.0. The molecule has 1 aromatic rings. The molecule has 1 saturated carbocycles. The molecule has 0 aliphatic heterocycles. The predicted octanol–water partition coefficient (Wildman–Crippen LogP) is 3.68. The highest BCUT2D eigenvalue weighted by molar-refractivity contribution is 7.98. The molecule has 1 aliphatic carbocycles. The lowest BCUT2D eigenvalue weighted by atomic mass is 9.95. The molecule has 2 rings (SSSR count). The molecule has 1 atom stereocenters. The van der Waals surface area contributed by atoms with Crippen LogP contribution in [-0.4, -0.2) is 29.0 Å². The van der Waals surface area contributed by atoms with E-state index < -0.39 is 0 Å². The Bertz CT molecular complexity index is 450. The molecule has 0 amide bonds. The Labute approximate surface area is 133 Å². The van der Waals surface area contributed by atoms with E-state index in [0.717, 1.165) is 11.5 Å². The minimum Gasteiger partial charge on any atom is -0.394 e. The van der Waals surface area contributed by atoms with Crippen LogP contribution in [0.2, 0.25) is 0 Å². The van der Waals surface area contributed by atoms with Crippen molar-refractivity contribution in [2.45, 2.75) is 57.9 Å². The third-order valence-electron chi connectivity index (χ3n) is 4.13. The first-order valence-electron chi connectivity index (χ1n) is 7.98. The summed E-state index contributed by atoms with van der Waals surface area (Å²) in [6.07, 6.45) is 2.51. The van der Waals surface area contributed by atoms with Crippen molar-refractivity contribution in [2.24, 2.45) is 5.92 Å². The van der Waals surface area contributed by atoms with E-state index in [9.17, 15) is 5.11 Å². The minimum absolute atomic E-state index is 0.0856. The molecular formula is C18H29NOS. The first kappa shape index (κ1) is 16.9. The van der Waals surface area contributed by atoms with Gasteiger partial charge in [0.2, 0.25) is 0 Å². The van der Waals surface area contributed by atoms with Crippen molar-refractivity contribution in [2.75, 3.05) is 12.4 Å². The summed E-state index contributed by atoms with van der Waals surface area (Å²) in [5.74, 6) is 2.66. The third-order valence-corrected chi connectivity index (χ3v) is 5.38. The van der Waals surface area contributed by atoms with Crippen LogP contribution < -0.4 is 5.32 Å². The number of thioether (sulfide) groups is 1. The second kappa shape index (κ2) is 7.17. The summed E-state index contributed by atoms with van der Waals surface area (Å²) in [5.41, 5.74) is 3.98.